The van der Waals surface area contributed by atoms with E-state index in [-0.39, 0.29) is 22.7 Å². The number of rotatable bonds is 8. The first-order valence-corrected chi connectivity index (χ1v) is 23.5. The van der Waals surface area contributed by atoms with Crippen molar-refractivity contribution in [3.63, 3.8) is 0 Å². The molecule has 9 rings (SSSR count). The van der Waals surface area contributed by atoms with Gasteiger partial charge in [-0.2, -0.15) is 0 Å². The molecule has 10 N–H and O–H groups in total. The number of nitrogens with one attached hydrogen (secondary N) is 1. The minimum absolute atomic E-state index is 0.0361. The van der Waals surface area contributed by atoms with Gasteiger partial charge in [0.2, 0.25) is 0 Å². The summed E-state index contributed by atoms with van der Waals surface area (Å²) in [7, 11) is 0. The molecule has 4 aliphatic carbocycles. The van der Waals surface area contributed by atoms with Crippen LogP contribution in [0.2, 0.25) is 0 Å². The van der Waals surface area contributed by atoms with Crippen molar-refractivity contribution in [1.29, 1.82) is 0 Å². The van der Waals surface area contributed by atoms with E-state index >= 15 is 0 Å². The van der Waals surface area contributed by atoms with Gasteiger partial charge in [0.15, 0.2) is 18.9 Å². The quantitative estimate of drug-likeness (QED) is 0.142. The van der Waals surface area contributed by atoms with Gasteiger partial charge in [-0.15, -0.1) is 0 Å². The summed E-state index contributed by atoms with van der Waals surface area (Å²) in [5.74, 6) is 3.32. The van der Waals surface area contributed by atoms with E-state index in [1.165, 1.54) is 25.3 Å². The van der Waals surface area contributed by atoms with Crippen molar-refractivity contribution in [2.24, 2.45) is 46.3 Å². The molecule has 0 unspecified atom stereocenters. The molecule has 0 amide bonds. The van der Waals surface area contributed by atoms with E-state index < -0.39 is 111 Å². The lowest BCUT2D eigenvalue weighted by molar-refractivity contribution is -0.394. The summed E-state index contributed by atoms with van der Waals surface area (Å²) in [6, 6.07) is 0. The van der Waals surface area contributed by atoms with Crippen LogP contribution < -0.4 is 5.32 Å². The summed E-state index contributed by atoms with van der Waals surface area (Å²) in [6.07, 6.45) is -11.9. The predicted molar refractivity (Wildman–Crippen MR) is 216 cm³/mol. The fraction of sp³-hybridized carbons (Fsp3) is 0.956. The average molecular weight is 884 g/mol. The van der Waals surface area contributed by atoms with Crippen LogP contribution in [0.15, 0.2) is 11.6 Å². The Morgan fingerprint density at radius 2 is 1.35 bits per heavy atom. The number of hydrogen-bond donors (Lipinski definition) is 10. The zero-order valence-electron chi connectivity index (χ0n) is 36.7. The Labute approximate surface area is 364 Å². The largest absolute Gasteiger partial charge is 0.394 e. The zero-order chi connectivity index (χ0) is 44.2. The van der Waals surface area contributed by atoms with Crippen molar-refractivity contribution < 1.29 is 79.1 Å². The molecule has 354 valence electrons. The topological polar surface area (TPSA) is 259 Å². The highest BCUT2D eigenvalue weighted by atomic mass is 16.8. The Bertz CT molecular complexity index is 1610. The van der Waals surface area contributed by atoms with Gasteiger partial charge in [0.1, 0.15) is 72.9 Å². The van der Waals surface area contributed by atoms with E-state index in [4.69, 9.17) is 33.2 Å². The molecule has 9 aliphatic rings. The minimum Gasteiger partial charge on any atom is -0.394 e. The summed E-state index contributed by atoms with van der Waals surface area (Å²) >= 11 is 0. The number of allylic oxidation sites excluding steroid dienone is 1. The number of ether oxygens (including phenoxy) is 7. The van der Waals surface area contributed by atoms with Crippen molar-refractivity contribution in [2.75, 3.05) is 19.8 Å². The highest BCUT2D eigenvalue weighted by molar-refractivity contribution is 5.26. The van der Waals surface area contributed by atoms with Gasteiger partial charge in [-0.3, -0.25) is 5.32 Å². The second kappa shape index (κ2) is 17.3. The van der Waals surface area contributed by atoms with E-state index in [2.05, 4.69) is 39.1 Å². The average Bonchev–Trinajstić information content (AvgIpc) is 3.70. The molecular formula is C45H73NO16. The molecule has 5 heterocycles. The standard InChI is InChI=1S/C45H73NO16/c1-19-8-13-45(46-16-19)20(2)30-27(62-45)15-26-24-7-6-22-14-23(9-11-43(22,4)25(24)10-12-44(26,30)5)57-42-39(61-40-36(54)34(52)31(49)21(3)56-40)38(33(51)29(18-48)59-42)60-41-37(55)35(53)32(50)28(17-47)58-41/h6,19-21,23-42,46-55H,7-18H2,1-5H3/t19-,20+,21+,23+,24-,25+,26+,27+,28-,29-,30+,31+,32-,33+,34-,35-,36-,37-,38+,39-,40+,41+,42-,43+,44+,45-/m1/s1. The van der Waals surface area contributed by atoms with Crippen molar-refractivity contribution >= 4 is 0 Å². The lowest BCUT2D eigenvalue weighted by Crippen LogP contribution is -2.67. The van der Waals surface area contributed by atoms with Crippen LogP contribution in [0.25, 0.3) is 0 Å². The van der Waals surface area contributed by atoms with E-state index in [9.17, 15) is 46.0 Å². The van der Waals surface area contributed by atoms with E-state index in [0.29, 0.717) is 48.3 Å². The molecule has 0 aromatic carbocycles. The summed E-state index contributed by atoms with van der Waals surface area (Å²) in [6.45, 7) is 10.8. The maximum absolute atomic E-state index is 11.6. The normalized spacial score (nSPS) is 57.6. The highest BCUT2D eigenvalue weighted by Gasteiger charge is 2.68. The Hall–Kier alpha value is -0.940. The molecule has 26 atom stereocenters. The zero-order valence-corrected chi connectivity index (χ0v) is 36.7. The highest BCUT2D eigenvalue weighted by Crippen LogP contribution is 2.70. The van der Waals surface area contributed by atoms with Gasteiger partial charge < -0.3 is 79.1 Å². The Balaban J connectivity index is 0.940. The van der Waals surface area contributed by atoms with Gasteiger partial charge in [0, 0.05) is 12.5 Å². The Morgan fingerprint density at radius 3 is 2.05 bits per heavy atom. The second-order valence-corrected chi connectivity index (χ2v) is 21.2. The molecule has 3 saturated carbocycles. The molecule has 5 saturated heterocycles. The van der Waals surface area contributed by atoms with Crippen molar-refractivity contribution in [3.8, 4) is 0 Å². The van der Waals surface area contributed by atoms with Crippen LogP contribution in [0.4, 0.5) is 0 Å². The van der Waals surface area contributed by atoms with Crippen molar-refractivity contribution in [1.82, 2.24) is 5.32 Å². The van der Waals surface area contributed by atoms with Crippen LogP contribution >= 0.6 is 0 Å². The van der Waals surface area contributed by atoms with E-state index in [0.717, 1.165) is 38.6 Å². The predicted octanol–water partition coefficient (Wildman–Crippen LogP) is -0.213. The Morgan fingerprint density at radius 1 is 0.694 bits per heavy atom. The van der Waals surface area contributed by atoms with Crippen LogP contribution in [0.5, 0.6) is 0 Å². The Kier molecular flexibility index (Phi) is 12.9. The van der Waals surface area contributed by atoms with Gasteiger partial charge in [-0.25, -0.2) is 0 Å². The first-order valence-electron chi connectivity index (χ1n) is 23.5. The maximum atomic E-state index is 11.6. The lowest BCUT2D eigenvalue weighted by atomic mass is 9.47. The molecule has 17 nitrogen and oxygen atoms in total. The number of hydrogen-bond acceptors (Lipinski definition) is 17. The van der Waals surface area contributed by atoms with Gasteiger partial charge in [0.05, 0.1) is 31.5 Å². The molecule has 1 spiro atoms. The molecule has 0 radical (unpaired) electrons. The van der Waals surface area contributed by atoms with Crippen LogP contribution in [0, 0.1) is 46.3 Å². The summed E-state index contributed by atoms with van der Waals surface area (Å²) in [5.41, 5.74) is 1.32. The summed E-state index contributed by atoms with van der Waals surface area (Å²) in [4.78, 5) is 0. The van der Waals surface area contributed by atoms with Crippen LogP contribution in [-0.4, -0.2) is 176 Å². The molecule has 62 heavy (non-hydrogen) atoms. The molecular weight excluding hydrogens is 810 g/mol. The smallest absolute Gasteiger partial charge is 0.187 e. The van der Waals surface area contributed by atoms with Crippen molar-refractivity contribution in [2.45, 2.75) is 202 Å². The molecule has 17 heteroatoms. The van der Waals surface area contributed by atoms with E-state index in [1.54, 1.807) is 0 Å². The maximum Gasteiger partial charge on any atom is 0.187 e. The third-order valence-electron chi connectivity index (χ3n) is 17.9. The third-order valence-corrected chi connectivity index (χ3v) is 17.9. The fourth-order valence-electron chi connectivity index (χ4n) is 14.2. The van der Waals surface area contributed by atoms with Gasteiger partial charge in [0.25, 0.3) is 0 Å². The first kappa shape index (κ1) is 46.2. The van der Waals surface area contributed by atoms with Gasteiger partial charge in [-0.1, -0.05) is 39.3 Å². The van der Waals surface area contributed by atoms with Gasteiger partial charge in [-0.05, 0) is 105 Å². The molecule has 0 bridgehead atoms. The molecule has 0 aromatic heterocycles. The van der Waals surface area contributed by atoms with Crippen LogP contribution in [0.3, 0.4) is 0 Å². The molecule has 8 fully saturated rings. The van der Waals surface area contributed by atoms with Crippen LogP contribution in [0.1, 0.15) is 92.4 Å². The van der Waals surface area contributed by atoms with Gasteiger partial charge >= 0.3 is 0 Å². The van der Waals surface area contributed by atoms with E-state index in [1.807, 2.05) is 0 Å². The minimum atomic E-state index is -1.84. The van der Waals surface area contributed by atoms with Crippen molar-refractivity contribution in [3.05, 3.63) is 11.6 Å². The molecule has 0 aromatic rings. The third kappa shape index (κ3) is 7.49. The fourth-order valence-corrected chi connectivity index (χ4v) is 14.2. The lowest BCUT2D eigenvalue weighted by Gasteiger charge is -2.59. The second-order valence-electron chi connectivity index (χ2n) is 21.2. The number of aliphatic hydroxyl groups excluding tert-OH is 9. The monoisotopic (exact) mass is 883 g/mol. The number of aliphatic hydroxyl groups is 9. The summed E-state index contributed by atoms with van der Waals surface area (Å²) < 4.78 is 43.9. The SMILES string of the molecule is C[C@@H]1CC[C@@]2(NC1)O[C@H]1C[C@H]3[C@@H]4CC=C5C[C@@H](O[C@@H]6O[C@H](CO)[C@H](O)[C@H](O[C@@H]7O[C@H](CO)[C@@H](O)[C@@H](O)[C@H]7O)[C@H]6O[C@@H]6O[C@@H](C)[C@H](O)[C@@H](O)[C@H]6O)CC[C@]5(C)[C@H]4CC[C@]3(C)[C@H]1[C@@H]2C. The molecule has 5 aliphatic heterocycles. The summed E-state index contributed by atoms with van der Waals surface area (Å²) in [5, 5.41) is 99.7. The number of piperidine rings is 1. The van der Waals surface area contributed by atoms with Crippen LogP contribution in [-0.2, 0) is 33.2 Å². The number of fused-ring (bicyclic) bond motifs is 7. The first-order chi connectivity index (χ1) is 29.4.